The summed E-state index contributed by atoms with van der Waals surface area (Å²) in [5.41, 5.74) is 5.65. The molecule has 40 heteroatoms. The SMILES string of the molecule is CB(O)N(C)[C@H](C(=O)O)C(C)(C)c1ccccc1.CN[C@H](C(=O)N[C@H](C(=O)N(C)[C@H](C(=O)N1CCC[C@H]1C(=O)OC)C(C)C)C(C)(C)C)C(C)(C)c1ccccc1.COC(=O)[C@@H]1CCCN1.COC(=O)[C@@H]1CCCN1C(=O)[C@H](C(C)C)N(C)C(=O)[C@@H](N)C(C)(C)C.COC(=O)[C@@H]1CCCN1C(=O)[C@H](C(C)C)N(C)O.[B]C(=O)N[C@H](C(=O)O)C(C)(C)C.[B]O/N=C(\C)[C@H](C(=O)O)C(C)C. The number of nitrogens with one attached hydrogen (secondary N) is 4. The molecule has 7 amide bonds. The molecule has 748 valence electrons. The van der Waals surface area contributed by atoms with Gasteiger partial charge in [-0.15, -0.1) is 5.16 Å². The van der Waals surface area contributed by atoms with Crippen molar-refractivity contribution >= 4 is 112 Å². The molecule has 0 spiro atoms. The third-order valence-corrected chi connectivity index (χ3v) is 24.0. The van der Waals surface area contributed by atoms with E-state index in [-0.39, 0.29) is 77.1 Å². The summed E-state index contributed by atoms with van der Waals surface area (Å²) >= 11 is 0. The minimum absolute atomic E-state index is 0.0265. The first kappa shape index (κ1) is 123. The van der Waals surface area contributed by atoms with E-state index in [0.717, 1.165) is 48.4 Å². The van der Waals surface area contributed by atoms with Gasteiger partial charge < -0.3 is 106 Å². The van der Waals surface area contributed by atoms with E-state index < -0.39 is 142 Å². The van der Waals surface area contributed by atoms with Gasteiger partial charge in [-0.05, 0) is 137 Å². The highest BCUT2D eigenvalue weighted by Gasteiger charge is 2.49. The van der Waals surface area contributed by atoms with Crippen molar-refractivity contribution in [2.75, 3.05) is 89.9 Å². The molecule has 13 atom stereocenters. The number of nitrogens with two attached hydrogens (primary N) is 1. The molecule has 4 heterocycles. The van der Waals surface area contributed by atoms with Gasteiger partial charge in [0.2, 0.25) is 43.3 Å². The van der Waals surface area contributed by atoms with Gasteiger partial charge in [0.05, 0.1) is 46.2 Å². The highest BCUT2D eigenvalue weighted by molar-refractivity contribution is 6.57. The second kappa shape index (κ2) is 56.7. The van der Waals surface area contributed by atoms with Crippen LogP contribution in [-0.2, 0) is 96.9 Å². The highest BCUT2D eigenvalue weighted by Crippen LogP contribution is 2.34. The van der Waals surface area contributed by atoms with E-state index in [1.54, 1.807) is 81.5 Å². The molecule has 4 saturated heterocycles. The molecule has 6 rings (SSSR count). The van der Waals surface area contributed by atoms with Gasteiger partial charge in [-0.25, -0.2) is 19.2 Å². The predicted octanol–water partition coefficient (Wildman–Crippen LogP) is 6.79. The molecule has 133 heavy (non-hydrogen) atoms. The van der Waals surface area contributed by atoms with Crippen LogP contribution in [0.3, 0.4) is 0 Å². The number of carboxylic acids is 3. The van der Waals surface area contributed by atoms with Crippen LogP contribution in [-0.4, -0.2) is 334 Å². The van der Waals surface area contributed by atoms with Crippen LogP contribution in [0.4, 0.5) is 4.79 Å². The number of carbonyl (C=O) groups is 14. The van der Waals surface area contributed by atoms with E-state index in [0.29, 0.717) is 51.0 Å². The minimum atomic E-state index is -1.08. The number of oxime groups is 1. The minimum Gasteiger partial charge on any atom is -0.481 e. The van der Waals surface area contributed by atoms with Crippen molar-refractivity contribution in [2.45, 2.75) is 294 Å². The highest BCUT2D eigenvalue weighted by atomic mass is 16.6. The fourth-order valence-corrected chi connectivity index (χ4v) is 16.4. The fraction of sp³-hybridized carbons (Fsp3) is 0.710. The van der Waals surface area contributed by atoms with E-state index in [2.05, 4.69) is 44.0 Å². The Hall–Kier alpha value is -9.60. The number of hydrogen-bond acceptors (Lipinski definition) is 27. The Morgan fingerprint density at radius 2 is 0.880 bits per heavy atom. The standard InChI is InChI=1S/C30H48N4O5.C18H33N3O4.C13H20BNO3.C12H22N2O4.2C7H12BNO3.C6H11NO2/c1-19(2)22(26(36)34-18-14-17-21(34)28(38)39-10)33(9)27(37)24(29(3,4)5)32-25(35)23(31-8)30(6,7)20-15-12-11-13-16-20;1-11(2)13(20(6)16(23)14(19)18(3,4)5)15(22)21-10-8-9-12(21)17(24)25-7;1-13(2,10-8-6-5-7-9-10)11(12(16)17)15(4)14(3)18;1-8(2)10(13(3)17)11(15)14-7-5-6-9(14)12(16)18-4;1-7(2,3)4(5(10)11)9-6(8)12;1-4(2)6(7(10)11)5(3)9-12-8;1-9-6(8)5-3-2-4-7-5/h11-13,15-16,19,21-24,31H,14,17-18H2,1-10H3,(H,32,35);11-14H,8-10,19H2,1-7H3;5-9,11,18H,1-4H3,(H,16,17);8-10,17H,5-7H2,1-4H3;4H,1-3H3,(H,9,12)(H,10,11);4,6H,1-3H3,(H,10,11);5,7H,2-4H2,1H3/b;;;;;9-5+;/t21-,22-,23+,24+;12-,13-,14+;11-;9-,10-;4-;6-;5-/m0010110/s1. The Labute approximate surface area is 792 Å². The van der Waals surface area contributed by atoms with Crippen molar-refractivity contribution in [1.29, 1.82) is 0 Å². The maximum absolute atomic E-state index is 14.0. The molecular formula is C93H158B3N13O24. The van der Waals surface area contributed by atoms with Crippen LogP contribution in [0, 0.1) is 45.8 Å². The average Bonchev–Trinajstić information content (AvgIpc) is 1.50. The molecule has 0 unspecified atom stereocenters. The normalized spacial score (nSPS) is 18.2. The van der Waals surface area contributed by atoms with Crippen molar-refractivity contribution in [3.8, 4) is 0 Å². The molecule has 4 aliphatic rings. The lowest BCUT2D eigenvalue weighted by molar-refractivity contribution is -0.167. The summed E-state index contributed by atoms with van der Waals surface area (Å²) in [4.78, 5) is 178. The molecule has 0 aliphatic carbocycles. The lowest BCUT2D eigenvalue weighted by atomic mass is 9.72. The van der Waals surface area contributed by atoms with Gasteiger partial charge in [-0.3, -0.25) is 47.9 Å². The molecular weight excluding hydrogens is 1720 g/mol. The van der Waals surface area contributed by atoms with E-state index in [1.165, 1.54) is 59.9 Å². The molecule has 2 aromatic rings. The number of rotatable bonds is 31. The number of likely N-dealkylation sites (N-methyl/N-ethyl adjacent to an activating group) is 5. The summed E-state index contributed by atoms with van der Waals surface area (Å²) in [5, 5.41) is 61.7. The van der Waals surface area contributed by atoms with Crippen LogP contribution in [0.15, 0.2) is 65.8 Å². The molecule has 4 fully saturated rings. The fourth-order valence-electron chi connectivity index (χ4n) is 16.4. The zero-order chi connectivity index (χ0) is 103. The molecule has 37 nitrogen and oxygen atoms in total. The number of likely N-dealkylation sites (tertiary alicyclic amines) is 3. The Morgan fingerprint density at radius 3 is 1.15 bits per heavy atom. The third kappa shape index (κ3) is 37.2. The number of hydrogen-bond donors (Lipinski definition) is 10. The summed E-state index contributed by atoms with van der Waals surface area (Å²) < 4.78 is 23.0. The first-order chi connectivity index (χ1) is 61.3. The van der Waals surface area contributed by atoms with Crippen molar-refractivity contribution in [3.05, 3.63) is 71.8 Å². The number of hydroxylamine groups is 2. The average molecular weight is 1870 g/mol. The van der Waals surface area contributed by atoms with E-state index in [4.69, 9.17) is 38.0 Å². The van der Waals surface area contributed by atoms with Crippen LogP contribution >= 0.6 is 0 Å². The van der Waals surface area contributed by atoms with Crippen LogP contribution in [0.25, 0.3) is 0 Å². The maximum atomic E-state index is 14.0. The van der Waals surface area contributed by atoms with E-state index in [9.17, 15) is 82.5 Å². The Bertz CT molecular complexity index is 4070. The second-order valence-electron chi connectivity index (χ2n) is 39.5. The van der Waals surface area contributed by atoms with Gasteiger partial charge in [0.15, 0.2) is 5.81 Å². The topological polar surface area (TPSA) is 495 Å². The molecule has 2 aromatic carbocycles. The summed E-state index contributed by atoms with van der Waals surface area (Å²) in [5.74, 6) is -7.80. The summed E-state index contributed by atoms with van der Waals surface area (Å²) in [6, 6.07) is 11.5. The Morgan fingerprint density at radius 1 is 0.511 bits per heavy atom. The molecule has 4 aliphatic heterocycles. The largest absolute Gasteiger partial charge is 0.481 e. The molecule has 0 aromatic heterocycles. The first-order valence-corrected chi connectivity index (χ1v) is 45.1. The van der Waals surface area contributed by atoms with Crippen LogP contribution in [0.5, 0.6) is 0 Å². The lowest BCUT2D eigenvalue weighted by Crippen LogP contribution is -2.63. The molecule has 0 bridgehead atoms. The number of nitrogens with zero attached hydrogens (tertiary/aromatic N) is 8. The zero-order valence-corrected chi connectivity index (χ0v) is 85.0. The van der Waals surface area contributed by atoms with Gasteiger partial charge in [0.25, 0.3) is 0 Å². The number of carbonyl (C=O) groups excluding carboxylic acids is 11. The molecule has 0 saturated carbocycles. The van der Waals surface area contributed by atoms with Crippen LogP contribution < -0.4 is 27.0 Å². The molecule has 4 radical (unpaired) electrons. The Kier molecular flexibility index (Phi) is 52.6. The van der Waals surface area contributed by atoms with Crippen molar-refractivity contribution in [3.63, 3.8) is 0 Å². The van der Waals surface area contributed by atoms with Gasteiger partial charge >= 0.3 is 56.9 Å². The van der Waals surface area contributed by atoms with E-state index >= 15 is 0 Å². The number of aliphatic carboxylic acids is 3. The maximum Gasteiger partial charge on any atom is 0.420 e. The van der Waals surface area contributed by atoms with Crippen molar-refractivity contribution in [2.24, 2.45) is 56.7 Å². The number of ether oxygens (including phenoxy) is 4. The Balaban J connectivity index is 0.00000162. The van der Waals surface area contributed by atoms with Gasteiger partial charge in [0.1, 0.15) is 66.3 Å². The zero-order valence-electron chi connectivity index (χ0n) is 85.0. The third-order valence-electron chi connectivity index (χ3n) is 24.0. The van der Waals surface area contributed by atoms with Crippen molar-refractivity contribution < 1.29 is 116 Å². The molecule has 11 N–H and O–H groups in total. The van der Waals surface area contributed by atoms with Crippen molar-refractivity contribution in [1.82, 2.24) is 55.6 Å². The number of benzene rings is 2. The smallest absolute Gasteiger partial charge is 0.420 e. The van der Waals surface area contributed by atoms with Gasteiger partial charge in [0, 0.05) is 51.6 Å². The monoisotopic (exact) mass is 1870 g/mol. The first-order valence-electron chi connectivity index (χ1n) is 45.1. The quantitative estimate of drug-likeness (QED) is 0.0122. The van der Waals surface area contributed by atoms with E-state index in [1.807, 2.05) is 171 Å². The number of esters is 4. The predicted molar refractivity (Wildman–Crippen MR) is 509 cm³/mol. The summed E-state index contributed by atoms with van der Waals surface area (Å²) in [6.45, 7) is 44.6. The van der Waals surface area contributed by atoms with Crippen LogP contribution in [0.2, 0.25) is 6.82 Å². The number of amides is 7. The summed E-state index contributed by atoms with van der Waals surface area (Å²) in [6.07, 6.45) is 5.97. The number of methoxy groups -OCH3 is 4. The van der Waals surface area contributed by atoms with Crippen LogP contribution in [0.1, 0.15) is 215 Å². The van der Waals surface area contributed by atoms with Gasteiger partial charge in [-0.2, -0.15) is 5.06 Å². The number of carboxylic acid groups (broad SMARTS) is 3. The lowest BCUT2D eigenvalue weighted by Gasteiger charge is -2.41. The summed E-state index contributed by atoms with van der Waals surface area (Å²) in [7, 11) is 22.1. The second-order valence-corrected chi connectivity index (χ2v) is 39.5. The van der Waals surface area contributed by atoms with Gasteiger partial charge in [-0.1, -0.05) is 206 Å².